The Kier molecular flexibility index (Phi) is 4.88. The van der Waals surface area contributed by atoms with Crippen molar-refractivity contribution in [2.24, 2.45) is 12.5 Å². The zero-order valence-corrected chi connectivity index (χ0v) is 13.5. The monoisotopic (exact) mass is 331 g/mol. The number of ether oxygens (including phenoxy) is 1. The summed E-state index contributed by atoms with van der Waals surface area (Å²) in [6, 6.07) is 0.137. The van der Waals surface area contributed by atoms with E-state index < -0.39 is 27.4 Å². The van der Waals surface area contributed by atoms with Crippen molar-refractivity contribution >= 4 is 16.0 Å². The third kappa shape index (κ3) is 4.05. The molecular weight excluding hydrogens is 310 g/mol. The van der Waals surface area contributed by atoms with E-state index in [2.05, 4.69) is 9.82 Å². The molecule has 1 saturated heterocycles. The highest BCUT2D eigenvalue weighted by Crippen LogP contribution is 2.31. The molecule has 1 aliphatic rings. The fourth-order valence-electron chi connectivity index (χ4n) is 2.59. The Labute approximate surface area is 129 Å². The van der Waals surface area contributed by atoms with Gasteiger partial charge in [0.2, 0.25) is 10.0 Å². The average Bonchev–Trinajstić information content (AvgIpc) is 2.81. The SMILES string of the molecule is Cn1nccc1C(NS(=O)(=O)CC1(C)CCOCC1)C(=O)O. The van der Waals surface area contributed by atoms with E-state index in [9.17, 15) is 18.3 Å². The third-order valence-corrected chi connectivity index (χ3v) is 5.61. The number of nitrogens with zero attached hydrogens (tertiary/aromatic N) is 2. The molecule has 8 nitrogen and oxygen atoms in total. The predicted molar refractivity (Wildman–Crippen MR) is 78.7 cm³/mol. The van der Waals surface area contributed by atoms with E-state index >= 15 is 0 Å². The summed E-state index contributed by atoms with van der Waals surface area (Å²) in [5.41, 5.74) is -0.118. The van der Waals surface area contributed by atoms with Crippen LogP contribution in [0.1, 0.15) is 31.5 Å². The minimum Gasteiger partial charge on any atom is -0.480 e. The van der Waals surface area contributed by atoms with Crippen LogP contribution in [0.5, 0.6) is 0 Å². The molecule has 0 bridgehead atoms. The molecule has 9 heteroatoms. The summed E-state index contributed by atoms with van der Waals surface area (Å²) in [5.74, 6) is -1.38. The van der Waals surface area contributed by atoms with Gasteiger partial charge in [-0.15, -0.1) is 0 Å². The minimum atomic E-state index is -3.75. The highest BCUT2D eigenvalue weighted by Gasteiger charge is 2.35. The molecule has 1 aromatic heterocycles. The summed E-state index contributed by atoms with van der Waals surface area (Å²) in [7, 11) is -2.19. The number of carbonyl (C=O) groups is 1. The summed E-state index contributed by atoms with van der Waals surface area (Å²) >= 11 is 0. The molecule has 0 aliphatic carbocycles. The van der Waals surface area contributed by atoms with E-state index in [1.807, 2.05) is 6.92 Å². The number of nitrogens with one attached hydrogen (secondary N) is 1. The fourth-order valence-corrected chi connectivity index (χ4v) is 4.46. The van der Waals surface area contributed by atoms with Crippen LogP contribution < -0.4 is 4.72 Å². The molecule has 2 rings (SSSR count). The van der Waals surface area contributed by atoms with Gasteiger partial charge in [-0.25, -0.2) is 8.42 Å². The van der Waals surface area contributed by atoms with E-state index in [-0.39, 0.29) is 11.4 Å². The molecule has 0 spiro atoms. The number of sulfonamides is 1. The largest absolute Gasteiger partial charge is 0.480 e. The smallest absolute Gasteiger partial charge is 0.327 e. The van der Waals surface area contributed by atoms with Crippen LogP contribution in [-0.2, 0) is 26.6 Å². The van der Waals surface area contributed by atoms with Crippen LogP contribution >= 0.6 is 0 Å². The third-order valence-electron chi connectivity index (χ3n) is 3.94. The van der Waals surface area contributed by atoms with Gasteiger partial charge in [0, 0.05) is 26.5 Å². The van der Waals surface area contributed by atoms with Gasteiger partial charge in [0.25, 0.3) is 0 Å². The van der Waals surface area contributed by atoms with Crippen molar-refractivity contribution in [1.29, 1.82) is 0 Å². The zero-order valence-electron chi connectivity index (χ0n) is 12.7. The highest BCUT2D eigenvalue weighted by molar-refractivity contribution is 7.89. The maximum absolute atomic E-state index is 12.4. The van der Waals surface area contributed by atoms with E-state index in [4.69, 9.17) is 4.74 Å². The van der Waals surface area contributed by atoms with Crippen molar-refractivity contribution in [1.82, 2.24) is 14.5 Å². The molecule has 0 amide bonds. The Hall–Kier alpha value is -1.45. The van der Waals surface area contributed by atoms with Gasteiger partial charge in [-0.1, -0.05) is 6.92 Å². The Morgan fingerprint density at radius 1 is 1.55 bits per heavy atom. The lowest BCUT2D eigenvalue weighted by Crippen LogP contribution is -2.42. The van der Waals surface area contributed by atoms with Crippen molar-refractivity contribution in [2.75, 3.05) is 19.0 Å². The molecule has 1 aliphatic heterocycles. The Morgan fingerprint density at radius 3 is 2.68 bits per heavy atom. The Balaban J connectivity index is 2.15. The molecule has 1 unspecified atom stereocenters. The number of hydrogen-bond donors (Lipinski definition) is 2. The molecule has 0 aromatic carbocycles. The first-order valence-corrected chi connectivity index (χ1v) is 8.66. The van der Waals surface area contributed by atoms with Crippen LogP contribution in [0.4, 0.5) is 0 Å². The second-order valence-electron chi connectivity index (χ2n) is 5.95. The van der Waals surface area contributed by atoms with Crippen LogP contribution in [0.25, 0.3) is 0 Å². The summed E-state index contributed by atoms with van der Waals surface area (Å²) in [6.07, 6.45) is 2.70. The molecular formula is C13H21N3O5S. The number of hydrogen-bond acceptors (Lipinski definition) is 5. The van der Waals surface area contributed by atoms with Crippen LogP contribution in [0.15, 0.2) is 12.3 Å². The zero-order chi connectivity index (χ0) is 16.4. The lowest BCUT2D eigenvalue weighted by atomic mass is 9.85. The van der Waals surface area contributed by atoms with Crippen molar-refractivity contribution in [3.63, 3.8) is 0 Å². The van der Waals surface area contributed by atoms with Crippen LogP contribution in [0, 0.1) is 5.41 Å². The van der Waals surface area contributed by atoms with Crippen molar-refractivity contribution < 1.29 is 23.1 Å². The molecule has 1 aromatic rings. The number of rotatable bonds is 6. The van der Waals surface area contributed by atoms with Gasteiger partial charge in [0.1, 0.15) is 0 Å². The van der Waals surface area contributed by atoms with Gasteiger partial charge in [0.15, 0.2) is 6.04 Å². The second-order valence-corrected chi connectivity index (χ2v) is 7.70. The summed E-state index contributed by atoms with van der Waals surface area (Å²) < 4.78 is 33.6. The molecule has 0 saturated carbocycles. The first-order valence-electron chi connectivity index (χ1n) is 7.01. The minimum absolute atomic E-state index is 0.120. The van der Waals surface area contributed by atoms with Gasteiger partial charge in [-0.2, -0.15) is 9.82 Å². The summed E-state index contributed by atoms with van der Waals surface area (Å²) in [6.45, 7) is 2.93. The van der Waals surface area contributed by atoms with E-state index in [0.717, 1.165) is 0 Å². The molecule has 1 atom stereocenters. The van der Waals surface area contributed by atoms with Gasteiger partial charge in [-0.05, 0) is 24.3 Å². The van der Waals surface area contributed by atoms with E-state index in [0.29, 0.717) is 26.1 Å². The number of carboxylic acid groups (broad SMARTS) is 1. The molecule has 2 heterocycles. The highest BCUT2D eigenvalue weighted by atomic mass is 32.2. The molecule has 0 radical (unpaired) electrons. The standard InChI is InChI=1S/C13H21N3O5S/c1-13(4-7-21-8-5-13)9-22(19,20)15-11(12(17)18)10-3-6-14-16(10)2/h3,6,11,15H,4-5,7-9H2,1-2H3,(H,17,18). The number of aryl methyl sites for hydroxylation is 1. The van der Waals surface area contributed by atoms with Gasteiger partial charge in [-0.3, -0.25) is 9.48 Å². The first kappa shape index (κ1) is 16.9. The maximum atomic E-state index is 12.4. The second kappa shape index (κ2) is 6.35. The summed E-state index contributed by atoms with van der Waals surface area (Å²) in [5, 5.41) is 13.2. The van der Waals surface area contributed by atoms with Gasteiger partial charge >= 0.3 is 5.97 Å². The fraction of sp³-hybridized carbons (Fsp3) is 0.692. The van der Waals surface area contributed by atoms with E-state index in [1.165, 1.54) is 16.9 Å². The van der Waals surface area contributed by atoms with E-state index in [1.54, 1.807) is 7.05 Å². The van der Waals surface area contributed by atoms with Crippen LogP contribution in [-0.4, -0.2) is 48.2 Å². The normalized spacial score (nSPS) is 19.7. The maximum Gasteiger partial charge on any atom is 0.327 e. The number of aromatic nitrogens is 2. The topological polar surface area (TPSA) is 111 Å². The molecule has 22 heavy (non-hydrogen) atoms. The Morgan fingerprint density at radius 2 is 2.18 bits per heavy atom. The van der Waals surface area contributed by atoms with Crippen molar-refractivity contribution in [2.45, 2.75) is 25.8 Å². The lowest BCUT2D eigenvalue weighted by molar-refractivity contribution is -0.139. The average molecular weight is 331 g/mol. The Bertz CT molecular complexity index is 634. The predicted octanol–water partition coefficient (Wildman–Crippen LogP) is 0.282. The van der Waals surface area contributed by atoms with Crippen molar-refractivity contribution in [3.8, 4) is 0 Å². The molecule has 124 valence electrons. The lowest BCUT2D eigenvalue weighted by Gasteiger charge is -2.33. The quantitative estimate of drug-likeness (QED) is 0.775. The van der Waals surface area contributed by atoms with Gasteiger partial charge < -0.3 is 9.84 Å². The van der Waals surface area contributed by atoms with Crippen LogP contribution in [0.2, 0.25) is 0 Å². The number of aliphatic carboxylic acids is 1. The van der Waals surface area contributed by atoms with Gasteiger partial charge in [0.05, 0.1) is 11.4 Å². The number of carboxylic acids is 1. The molecule has 1 fully saturated rings. The van der Waals surface area contributed by atoms with Crippen molar-refractivity contribution in [3.05, 3.63) is 18.0 Å². The molecule has 2 N–H and O–H groups in total. The van der Waals surface area contributed by atoms with Crippen LogP contribution in [0.3, 0.4) is 0 Å². The first-order chi connectivity index (χ1) is 10.2. The summed E-state index contributed by atoms with van der Waals surface area (Å²) in [4.78, 5) is 11.4.